The fourth-order valence-electron chi connectivity index (χ4n) is 2.88. The number of hydrogen-bond acceptors (Lipinski definition) is 4. The molecule has 0 radical (unpaired) electrons. The molecule has 7 heteroatoms. The number of aryl methyl sites for hydroxylation is 1. The predicted molar refractivity (Wildman–Crippen MR) is 115 cm³/mol. The number of carboxylic acid groups (broad SMARTS) is 1. The van der Waals surface area contributed by atoms with Crippen LogP contribution in [-0.2, 0) is 26.9 Å². The molecule has 0 fully saturated rings. The maximum atomic E-state index is 9.51. The maximum Gasteiger partial charge on any atom is 0.331 e. The number of aliphatic carboxylic acids is 1. The van der Waals surface area contributed by atoms with Gasteiger partial charge >= 0.3 is 5.97 Å². The molecule has 0 aliphatic carbocycles. The van der Waals surface area contributed by atoms with E-state index in [0.29, 0.717) is 0 Å². The molecule has 0 bridgehead atoms. The van der Waals surface area contributed by atoms with Crippen LogP contribution in [0, 0.1) is 6.92 Å². The minimum atomic E-state index is -2.72. The minimum absolute atomic E-state index is 0.809. The molecule has 1 unspecified atom stereocenters. The Morgan fingerprint density at radius 1 is 1.07 bits per heavy atom. The number of pyridine rings is 1. The summed E-state index contributed by atoms with van der Waals surface area (Å²) < 4.78 is 24.8. The van der Waals surface area contributed by atoms with E-state index in [0.717, 1.165) is 6.54 Å². The van der Waals surface area contributed by atoms with Crippen molar-refractivity contribution >= 4 is 17.3 Å². The number of carboxylic acids is 1. The van der Waals surface area contributed by atoms with E-state index in [-0.39, 0.29) is 0 Å². The van der Waals surface area contributed by atoms with Crippen molar-refractivity contribution < 1.29 is 27.4 Å². The van der Waals surface area contributed by atoms with Gasteiger partial charge in [-0.05, 0) is 29.3 Å². The highest BCUT2D eigenvalue weighted by Crippen LogP contribution is 2.24. The number of hydrogen-bond donors (Lipinski definition) is 1. The third-order valence-corrected chi connectivity index (χ3v) is 4.45. The highest BCUT2D eigenvalue weighted by atomic mass is 32.2. The minimum Gasteiger partial charge on any atom is -0.750 e. The van der Waals surface area contributed by atoms with Gasteiger partial charge in [0, 0.05) is 24.6 Å². The lowest BCUT2D eigenvalue weighted by Gasteiger charge is -2.09. The number of carbonyl (C=O) groups is 1. The lowest BCUT2D eigenvalue weighted by molar-refractivity contribution is -0.682. The van der Waals surface area contributed by atoms with Crippen molar-refractivity contribution in [1.29, 1.82) is 0 Å². The Morgan fingerprint density at radius 3 is 2.10 bits per heavy atom. The average Bonchev–Trinajstić information content (AvgIpc) is 2.75. The Balaban J connectivity index is 0.000000343. The van der Waals surface area contributed by atoms with Crippen LogP contribution in [0.1, 0.15) is 5.69 Å². The molecular formula is C23H23NO5S. The second-order valence-corrected chi connectivity index (χ2v) is 6.91. The molecule has 1 N–H and O–H groups in total. The first kappa shape index (κ1) is 23.2. The third-order valence-electron chi connectivity index (χ3n) is 4.14. The summed E-state index contributed by atoms with van der Waals surface area (Å²) in [5.41, 5.74) is 6.18. The summed E-state index contributed by atoms with van der Waals surface area (Å²) in [6.45, 7) is 6.05. The largest absolute Gasteiger partial charge is 0.750 e. The summed E-state index contributed by atoms with van der Waals surface area (Å²) >= 11 is -2.72. The SMILES string of the molecule is C=CC[n+]1c(C)cc(-c2ccccc2)cc1-c1ccccc1.O=C(O)COS(=O)[O-]. The second kappa shape index (κ2) is 11.8. The number of nitrogens with zero attached hydrogens (tertiary/aromatic N) is 1. The predicted octanol–water partition coefficient (Wildman–Crippen LogP) is 3.68. The number of benzene rings is 2. The van der Waals surface area contributed by atoms with Crippen LogP contribution in [0.15, 0.2) is 85.5 Å². The second-order valence-electron chi connectivity index (χ2n) is 6.26. The lowest BCUT2D eigenvalue weighted by atomic mass is 10.0. The first-order valence-corrected chi connectivity index (χ1v) is 10.1. The Kier molecular flexibility index (Phi) is 9.08. The molecule has 0 amide bonds. The Labute approximate surface area is 178 Å². The van der Waals surface area contributed by atoms with E-state index >= 15 is 0 Å². The first-order chi connectivity index (χ1) is 14.4. The molecule has 2 aromatic carbocycles. The fourth-order valence-corrected chi connectivity index (χ4v) is 3.07. The molecule has 3 rings (SSSR count). The van der Waals surface area contributed by atoms with Crippen molar-refractivity contribution in [3.8, 4) is 22.4 Å². The molecule has 3 aromatic rings. The molecule has 0 aliphatic rings. The standard InChI is InChI=1S/C21H20N.C2H4O5S/c1-3-14-22-17(2)15-20(18-10-6-4-7-11-18)16-21(22)19-12-8-5-9-13-19;3-2(4)1-7-8(5)6/h3-13,15-16H,1,14H2,2H3;1H2,(H,3,4)(H,5,6)/q+1;/p-1. The van der Waals surface area contributed by atoms with Gasteiger partial charge in [0.2, 0.25) is 5.69 Å². The quantitative estimate of drug-likeness (QED) is 0.354. The number of aromatic nitrogens is 1. The molecule has 6 nitrogen and oxygen atoms in total. The van der Waals surface area contributed by atoms with Crippen LogP contribution in [-0.4, -0.2) is 26.4 Å². The van der Waals surface area contributed by atoms with E-state index in [1.54, 1.807) is 0 Å². The van der Waals surface area contributed by atoms with Crippen LogP contribution < -0.4 is 4.57 Å². The van der Waals surface area contributed by atoms with Crippen LogP contribution in [0.25, 0.3) is 22.4 Å². The molecule has 30 heavy (non-hydrogen) atoms. The van der Waals surface area contributed by atoms with Crippen LogP contribution in [0.5, 0.6) is 0 Å². The summed E-state index contributed by atoms with van der Waals surface area (Å²) in [5, 5.41) is 7.76. The monoisotopic (exact) mass is 425 g/mol. The topological polar surface area (TPSA) is 90.5 Å². The van der Waals surface area contributed by atoms with Crippen LogP contribution in [0.4, 0.5) is 0 Å². The van der Waals surface area contributed by atoms with Crippen molar-refractivity contribution in [1.82, 2.24) is 0 Å². The number of allylic oxidation sites excluding steroid dienone is 1. The highest BCUT2D eigenvalue weighted by Gasteiger charge is 2.17. The number of rotatable bonds is 7. The fraction of sp³-hybridized carbons (Fsp3) is 0.130. The van der Waals surface area contributed by atoms with Crippen molar-refractivity contribution in [3.63, 3.8) is 0 Å². The molecule has 1 heterocycles. The first-order valence-electron chi connectivity index (χ1n) is 9.13. The Bertz CT molecular complexity index is 993. The van der Waals surface area contributed by atoms with E-state index in [2.05, 4.69) is 95.0 Å². The molecule has 0 saturated carbocycles. The molecule has 0 aliphatic heterocycles. The van der Waals surface area contributed by atoms with Gasteiger partial charge in [-0.15, -0.1) is 0 Å². The van der Waals surface area contributed by atoms with Crippen molar-refractivity contribution in [2.75, 3.05) is 6.61 Å². The van der Waals surface area contributed by atoms with Crippen molar-refractivity contribution in [2.45, 2.75) is 13.5 Å². The summed E-state index contributed by atoms with van der Waals surface area (Å²) in [7, 11) is 0. The van der Waals surface area contributed by atoms with Gasteiger partial charge in [-0.2, -0.15) is 4.57 Å². The van der Waals surface area contributed by atoms with E-state index in [4.69, 9.17) is 5.11 Å². The van der Waals surface area contributed by atoms with Crippen molar-refractivity contribution in [2.24, 2.45) is 0 Å². The van der Waals surface area contributed by atoms with Gasteiger partial charge in [0.15, 0.2) is 18.8 Å². The van der Waals surface area contributed by atoms with Gasteiger partial charge in [-0.1, -0.05) is 55.1 Å². The summed E-state index contributed by atoms with van der Waals surface area (Å²) in [5.74, 6) is -1.31. The van der Waals surface area contributed by atoms with Crippen molar-refractivity contribution in [3.05, 3.63) is 91.1 Å². The van der Waals surface area contributed by atoms with Gasteiger partial charge in [0.1, 0.15) is 0 Å². The van der Waals surface area contributed by atoms with Gasteiger partial charge in [0.05, 0.1) is 11.4 Å². The normalized spacial score (nSPS) is 11.1. The Hall–Kier alpha value is -3.13. The average molecular weight is 426 g/mol. The smallest absolute Gasteiger partial charge is 0.331 e. The van der Waals surface area contributed by atoms with E-state index in [9.17, 15) is 13.6 Å². The van der Waals surface area contributed by atoms with Gasteiger partial charge in [-0.25, -0.2) is 9.00 Å². The van der Waals surface area contributed by atoms with Crippen LogP contribution in [0.2, 0.25) is 0 Å². The molecular weight excluding hydrogens is 402 g/mol. The lowest BCUT2D eigenvalue weighted by Crippen LogP contribution is -2.38. The Morgan fingerprint density at radius 2 is 1.63 bits per heavy atom. The third kappa shape index (κ3) is 7.04. The summed E-state index contributed by atoms with van der Waals surface area (Å²) in [6.07, 6.45) is 1.95. The zero-order valence-corrected chi connectivity index (χ0v) is 17.4. The molecule has 0 spiro atoms. The zero-order valence-electron chi connectivity index (χ0n) is 16.6. The summed E-state index contributed by atoms with van der Waals surface area (Å²) in [6, 6.07) is 25.6. The van der Waals surface area contributed by atoms with Crippen LogP contribution >= 0.6 is 0 Å². The van der Waals surface area contributed by atoms with Crippen LogP contribution in [0.3, 0.4) is 0 Å². The van der Waals surface area contributed by atoms with Gasteiger partial charge in [-0.3, -0.25) is 4.18 Å². The van der Waals surface area contributed by atoms with E-state index < -0.39 is 23.9 Å². The molecule has 1 atom stereocenters. The van der Waals surface area contributed by atoms with E-state index in [1.807, 2.05) is 6.08 Å². The maximum absolute atomic E-state index is 9.51. The highest BCUT2D eigenvalue weighted by molar-refractivity contribution is 7.74. The van der Waals surface area contributed by atoms with Gasteiger partial charge in [0.25, 0.3) is 0 Å². The molecule has 156 valence electrons. The van der Waals surface area contributed by atoms with Gasteiger partial charge < -0.3 is 9.66 Å². The molecule has 0 saturated heterocycles. The summed E-state index contributed by atoms with van der Waals surface area (Å²) in [4.78, 5) is 9.51. The zero-order chi connectivity index (χ0) is 21.9. The van der Waals surface area contributed by atoms with E-state index in [1.165, 1.54) is 28.1 Å². The molecule has 1 aromatic heterocycles.